The Labute approximate surface area is 111 Å². The zero-order valence-electron chi connectivity index (χ0n) is 8.06. The van der Waals surface area contributed by atoms with Gasteiger partial charge >= 0.3 is 0 Å². The lowest BCUT2D eigenvalue weighted by Gasteiger charge is -2.31. The molecule has 1 heterocycles. The van der Waals surface area contributed by atoms with Crippen LogP contribution < -0.4 is 0 Å². The van der Waals surface area contributed by atoms with Crippen LogP contribution in [-0.2, 0) is 4.79 Å². The van der Waals surface area contributed by atoms with Crippen LogP contribution in [-0.4, -0.2) is 35.3 Å². The minimum absolute atomic E-state index is 0.0626. The maximum Gasteiger partial charge on any atom is 0.299 e. The Balaban J connectivity index is 2.75. The predicted molar refractivity (Wildman–Crippen MR) is 66.9 cm³/mol. The second-order valence-corrected chi connectivity index (χ2v) is 8.82. The number of amides is 1. The molecule has 1 atom stereocenters. The highest BCUT2D eigenvalue weighted by atomic mass is 35.7. The third kappa shape index (κ3) is 3.97. The first-order valence-electron chi connectivity index (χ1n) is 4.79. The van der Waals surface area contributed by atoms with Crippen molar-refractivity contribution in [3.05, 3.63) is 0 Å². The molecule has 0 bridgehead atoms. The van der Waals surface area contributed by atoms with E-state index in [0.717, 1.165) is 19.3 Å². The van der Waals surface area contributed by atoms with Crippen LogP contribution in [0.4, 0.5) is 0 Å². The Morgan fingerprint density at radius 3 is 2.40 bits per heavy atom. The van der Waals surface area contributed by atoms with E-state index in [-0.39, 0.29) is 5.91 Å². The van der Waals surface area contributed by atoms with E-state index < -0.39 is 17.9 Å². The maximum atomic E-state index is 11.8. The number of hydrogen-bond donors (Lipinski definition) is 0. The first-order chi connectivity index (χ1) is 7.04. The Bertz CT molecular complexity index is 219. The number of alkyl halides is 2. The van der Waals surface area contributed by atoms with Crippen molar-refractivity contribution in [2.45, 2.75) is 36.2 Å². The second kappa shape index (κ2) is 6.55. The third-order valence-electron chi connectivity index (χ3n) is 2.41. The second-order valence-electron chi connectivity index (χ2n) is 3.47. The van der Waals surface area contributed by atoms with Gasteiger partial charge in [-0.1, -0.05) is 6.42 Å². The average Bonchev–Trinajstić information content (AvgIpc) is 2.31. The molecule has 87 valence electrons. The van der Waals surface area contributed by atoms with Gasteiger partial charge in [0.2, 0.25) is 5.91 Å². The van der Waals surface area contributed by atoms with Gasteiger partial charge in [0.05, 0.1) is 5.67 Å². The van der Waals surface area contributed by atoms with Crippen LogP contribution in [0.15, 0.2) is 0 Å². The summed E-state index contributed by atoms with van der Waals surface area (Å²) >= 11 is 23.4. The summed E-state index contributed by atoms with van der Waals surface area (Å²) in [5.74, 6) is 0.0626. The molecular formula is C8H12Cl4NOSi. The Kier molecular flexibility index (Phi) is 6.07. The third-order valence-corrected chi connectivity index (χ3v) is 5.74. The highest BCUT2D eigenvalue weighted by Gasteiger charge is 2.35. The molecule has 0 N–H and O–H groups in total. The summed E-state index contributed by atoms with van der Waals surface area (Å²) in [6.07, 6.45) is 3.48. The van der Waals surface area contributed by atoms with Gasteiger partial charge in [0.25, 0.3) is 7.42 Å². The maximum absolute atomic E-state index is 11.8. The van der Waals surface area contributed by atoms with Crippen molar-refractivity contribution < 1.29 is 4.79 Å². The molecule has 1 saturated heterocycles. The summed E-state index contributed by atoms with van der Waals surface area (Å²) in [6, 6.07) is 0. The lowest BCUT2D eigenvalue weighted by Crippen LogP contribution is -2.49. The topological polar surface area (TPSA) is 20.3 Å². The van der Waals surface area contributed by atoms with Crippen LogP contribution >= 0.6 is 45.4 Å². The normalized spacial score (nSPS) is 20.9. The zero-order chi connectivity index (χ0) is 11.4. The summed E-state index contributed by atoms with van der Waals surface area (Å²) in [5, 5.41) is 0. The monoisotopic (exact) mass is 306 g/mol. The molecule has 0 aromatic carbocycles. The van der Waals surface area contributed by atoms with Gasteiger partial charge in [-0.3, -0.25) is 4.79 Å². The molecule has 1 radical (unpaired) electrons. The molecule has 7 heteroatoms. The minimum Gasteiger partial charge on any atom is -0.337 e. The highest BCUT2D eigenvalue weighted by molar-refractivity contribution is 7.34. The van der Waals surface area contributed by atoms with Gasteiger partial charge in [-0.15, -0.1) is 45.4 Å². The number of likely N-dealkylation sites (tertiary alicyclic amines) is 1. The van der Waals surface area contributed by atoms with Crippen LogP contribution in [0, 0.1) is 0 Å². The summed E-state index contributed by atoms with van der Waals surface area (Å²) in [7, 11) is -1.73. The number of rotatable bonds is 3. The molecule has 0 spiro atoms. The lowest BCUT2D eigenvalue weighted by atomic mass is 10.2. The van der Waals surface area contributed by atoms with Crippen molar-refractivity contribution in [1.29, 1.82) is 0 Å². The SMILES string of the molecule is O=C1CCCCCN1C(C(Cl)Cl)[Si](Cl)Cl. The van der Waals surface area contributed by atoms with Gasteiger partial charge < -0.3 is 4.90 Å². The molecule has 1 aliphatic rings. The zero-order valence-corrected chi connectivity index (χ0v) is 12.1. The van der Waals surface area contributed by atoms with Gasteiger partial charge in [0, 0.05) is 13.0 Å². The van der Waals surface area contributed by atoms with E-state index in [1.807, 2.05) is 0 Å². The first kappa shape index (κ1) is 13.9. The molecule has 15 heavy (non-hydrogen) atoms. The molecule has 0 saturated carbocycles. The van der Waals surface area contributed by atoms with E-state index in [2.05, 4.69) is 0 Å². The number of nitrogens with zero attached hydrogens (tertiary/aromatic N) is 1. The number of carbonyl (C=O) groups excluding carboxylic acids is 1. The molecule has 0 aromatic heterocycles. The molecule has 1 rings (SSSR count). The van der Waals surface area contributed by atoms with E-state index in [0.29, 0.717) is 13.0 Å². The van der Waals surface area contributed by atoms with E-state index in [1.54, 1.807) is 4.90 Å². The number of hydrogen-bond acceptors (Lipinski definition) is 1. The van der Waals surface area contributed by atoms with Crippen LogP contribution in [0.5, 0.6) is 0 Å². The summed E-state index contributed by atoms with van der Waals surface area (Å²) in [4.78, 5) is 12.7. The Morgan fingerprint density at radius 1 is 1.20 bits per heavy atom. The van der Waals surface area contributed by atoms with Crippen LogP contribution in [0.3, 0.4) is 0 Å². The number of carbonyl (C=O) groups is 1. The Hall–Kier alpha value is 0.847. The van der Waals surface area contributed by atoms with Crippen molar-refractivity contribution >= 4 is 58.7 Å². The van der Waals surface area contributed by atoms with E-state index in [9.17, 15) is 4.79 Å². The molecule has 1 amide bonds. The van der Waals surface area contributed by atoms with Crippen molar-refractivity contribution in [3.63, 3.8) is 0 Å². The molecule has 0 aromatic rings. The lowest BCUT2D eigenvalue weighted by molar-refractivity contribution is -0.131. The Morgan fingerprint density at radius 2 is 1.87 bits per heavy atom. The van der Waals surface area contributed by atoms with E-state index in [4.69, 9.17) is 45.4 Å². The average molecular weight is 308 g/mol. The molecule has 2 nitrogen and oxygen atoms in total. The van der Waals surface area contributed by atoms with E-state index >= 15 is 0 Å². The molecule has 1 aliphatic heterocycles. The van der Waals surface area contributed by atoms with Crippen molar-refractivity contribution in [2.24, 2.45) is 0 Å². The summed E-state index contributed by atoms with van der Waals surface area (Å²) in [6.45, 7) is 0.660. The van der Waals surface area contributed by atoms with Crippen molar-refractivity contribution in [3.8, 4) is 0 Å². The van der Waals surface area contributed by atoms with E-state index in [1.165, 1.54) is 0 Å². The van der Waals surface area contributed by atoms with Gasteiger partial charge in [0.1, 0.15) is 4.84 Å². The standard InChI is InChI=1S/C8H12Cl4NOSi/c9-7(10)8(15(11)12)13-5-3-1-2-4-6(13)14/h7-8H,1-5H2. The smallest absolute Gasteiger partial charge is 0.299 e. The summed E-state index contributed by atoms with van der Waals surface area (Å²) in [5.41, 5.74) is -0.410. The molecule has 1 unspecified atom stereocenters. The fourth-order valence-corrected chi connectivity index (χ4v) is 5.61. The minimum atomic E-state index is -1.73. The fraction of sp³-hybridized carbons (Fsp3) is 0.875. The van der Waals surface area contributed by atoms with Gasteiger partial charge in [-0.2, -0.15) is 0 Å². The van der Waals surface area contributed by atoms with Crippen LogP contribution in [0.2, 0.25) is 0 Å². The first-order valence-corrected chi connectivity index (χ1v) is 9.27. The van der Waals surface area contributed by atoms with Gasteiger partial charge in [0.15, 0.2) is 0 Å². The molecular weight excluding hydrogens is 296 g/mol. The van der Waals surface area contributed by atoms with Gasteiger partial charge in [-0.05, 0) is 12.8 Å². The van der Waals surface area contributed by atoms with Crippen LogP contribution in [0.25, 0.3) is 0 Å². The summed E-state index contributed by atoms with van der Waals surface area (Å²) < 4.78 is 0. The van der Waals surface area contributed by atoms with Crippen LogP contribution in [0.1, 0.15) is 25.7 Å². The molecule has 1 fully saturated rings. The predicted octanol–water partition coefficient (Wildman–Crippen LogP) is 3.07. The highest BCUT2D eigenvalue weighted by Crippen LogP contribution is 2.24. The number of halogens is 4. The fourth-order valence-electron chi connectivity index (χ4n) is 1.65. The quantitative estimate of drug-likeness (QED) is 0.446. The van der Waals surface area contributed by atoms with Crippen molar-refractivity contribution in [2.75, 3.05) is 6.54 Å². The van der Waals surface area contributed by atoms with Crippen molar-refractivity contribution in [1.82, 2.24) is 4.90 Å². The van der Waals surface area contributed by atoms with Gasteiger partial charge in [-0.25, -0.2) is 0 Å². The largest absolute Gasteiger partial charge is 0.337 e. The molecule has 0 aliphatic carbocycles.